The number of aromatic nitrogens is 1. The van der Waals surface area contributed by atoms with Crippen LogP contribution in [0.15, 0.2) is 78.9 Å². The molecule has 0 aliphatic carbocycles. The standard InChI is InChI=1S/C25H23NO2/c1-3-20-11-8-14-24-23(20)15-18(2)26(24)25(27)21-12-7-13-22(16-21)28-17-19-9-5-4-6-10-19/h4-16H,3,17H2,1-2H3. The summed E-state index contributed by atoms with van der Waals surface area (Å²) in [4.78, 5) is 13.3. The van der Waals surface area contributed by atoms with E-state index in [1.807, 2.05) is 73.7 Å². The van der Waals surface area contributed by atoms with Crippen molar-refractivity contribution in [2.24, 2.45) is 0 Å². The van der Waals surface area contributed by atoms with Crippen LogP contribution < -0.4 is 4.74 Å². The monoisotopic (exact) mass is 369 g/mol. The zero-order chi connectivity index (χ0) is 19.5. The van der Waals surface area contributed by atoms with Gasteiger partial charge in [-0.1, -0.05) is 55.5 Å². The molecule has 3 aromatic carbocycles. The fraction of sp³-hybridized carbons (Fsp3) is 0.160. The number of aryl methyl sites for hydroxylation is 2. The van der Waals surface area contributed by atoms with Crippen molar-refractivity contribution in [2.45, 2.75) is 26.9 Å². The average Bonchev–Trinajstić information content (AvgIpc) is 3.08. The number of benzene rings is 3. The van der Waals surface area contributed by atoms with Crippen molar-refractivity contribution in [3.63, 3.8) is 0 Å². The maximum atomic E-state index is 13.3. The van der Waals surface area contributed by atoms with Crippen LogP contribution in [0.3, 0.4) is 0 Å². The summed E-state index contributed by atoms with van der Waals surface area (Å²) in [5.74, 6) is 0.656. The first-order chi connectivity index (χ1) is 13.7. The molecule has 0 radical (unpaired) electrons. The molecule has 0 spiro atoms. The molecule has 0 N–H and O–H groups in total. The fourth-order valence-electron chi connectivity index (χ4n) is 3.59. The summed E-state index contributed by atoms with van der Waals surface area (Å²) in [6.07, 6.45) is 0.942. The van der Waals surface area contributed by atoms with Crippen molar-refractivity contribution >= 4 is 16.8 Å². The third-order valence-electron chi connectivity index (χ3n) is 5.03. The van der Waals surface area contributed by atoms with Crippen molar-refractivity contribution in [3.8, 4) is 5.75 Å². The molecule has 0 unspecified atom stereocenters. The maximum absolute atomic E-state index is 13.3. The van der Waals surface area contributed by atoms with Gasteiger partial charge in [-0.15, -0.1) is 0 Å². The van der Waals surface area contributed by atoms with Crippen LogP contribution in [-0.4, -0.2) is 10.5 Å². The number of carbonyl (C=O) groups is 1. The van der Waals surface area contributed by atoms with Crippen LogP contribution in [0.1, 0.15) is 34.1 Å². The van der Waals surface area contributed by atoms with E-state index in [0.29, 0.717) is 17.9 Å². The maximum Gasteiger partial charge on any atom is 0.262 e. The Balaban J connectivity index is 1.64. The predicted molar refractivity (Wildman–Crippen MR) is 113 cm³/mol. The Hall–Kier alpha value is -3.33. The second-order valence-electron chi connectivity index (χ2n) is 6.93. The number of ether oxygens (including phenoxy) is 1. The predicted octanol–water partition coefficient (Wildman–Crippen LogP) is 5.78. The molecule has 28 heavy (non-hydrogen) atoms. The van der Waals surface area contributed by atoms with Gasteiger partial charge >= 0.3 is 0 Å². The minimum absolute atomic E-state index is 0.0362. The normalized spacial score (nSPS) is 10.9. The van der Waals surface area contributed by atoms with Gasteiger partial charge in [0.2, 0.25) is 0 Å². The molecule has 1 aromatic heterocycles. The SMILES string of the molecule is CCc1cccc2c1cc(C)n2C(=O)c1cccc(OCc2ccccc2)c1. The lowest BCUT2D eigenvalue weighted by Gasteiger charge is -2.10. The zero-order valence-corrected chi connectivity index (χ0v) is 16.2. The highest BCUT2D eigenvalue weighted by Gasteiger charge is 2.16. The minimum atomic E-state index is -0.0362. The number of rotatable bonds is 5. The molecule has 0 bridgehead atoms. The van der Waals surface area contributed by atoms with E-state index in [0.717, 1.165) is 28.6 Å². The summed E-state index contributed by atoms with van der Waals surface area (Å²) in [5, 5.41) is 1.15. The molecule has 0 saturated heterocycles. The number of nitrogens with zero attached hydrogens (tertiary/aromatic N) is 1. The molecule has 140 valence electrons. The lowest BCUT2D eigenvalue weighted by atomic mass is 10.1. The lowest BCUT2D eigenvalue weighted by Crippen LogP contribution is -2.13. The summed E-state index contributed by atoms with van der Waals surface area (Å²) < 4.78 is 7.69. The van der Waals surface area contributed by atoms with Gasteiger partial charge in [0, 0.05) is 16.6 Å². The summed E-state index contributed by atoms with van der Waals surface area (Å²) in [6, 6.07) is 25.7. The first kappa shape index (κ1) is 18.1. The van der Waals surface area contributed by atoms with Gasteiger partial charge in [0.25, 0.3) is 5.91 Å². The largest absolute Gasteiger partial charge is 0.489 e. The highest BCUT2D eigenvalue weighted by atomic mass is 16.5. The van der Waals surface area contributed by atoms with Crippen LogP contribution in [0.5, 0.6) is 5.75 Å². The van der Waals surface area contributed by atoms with Gasteiger partial charge in [0.05, 0.1) is 5.52 Å². The molecule has 4 aromatic rings. The summed E-state index contributed by atoms with van der Waals surface area (Å²) in [5.41, 5.74) is 4.87. The molecule has 4 rings (SSSR count). The summed E-state index contributed by atoms with van der Waals surface area (Å²) in [7, 11) is 0. The Bertz CT molecular complexity index is 1130. The van der Waals surface area contributed by atoms with Crippen LogP contribution in [0.4, 0.5) is 0 Å². The van der Waals surface area contributed by atoms with Crippen LogP contribution in [0, 0.1) is 6.92 Å². The molecule has 0 amide bonds. The number of hydrogen-bond acceptors (Lipinski definition) is 2. The molecule has 0 atom stereocenters. The van der Waals surface area contributed by atoms with Crippen molar-refractivity contribution in [1.82, 2.24) is 4.57 Å². The van der Waals surface area contributed by atoms with Gasteiger partial charge in [-0.05, 0) is 54.8 Å². The van der Waals surface area contributed by atoms with Gasteiger partial charge in [0.15, 0.2) is 0 Å². The Morgan fingerprint density at radius 1 is 0.929 bits per heavy atom. The van der Waals surface area contributed by atoms with Crippen LogP contribution in [-0.2, 0) is 13.0 Å². The Labute approximate surface area is 165 Å². The van der Waals surface area contributed by atoms with Crippen LogP contribution >= 0.6 is 0 Å². The number of fused-ring (bicyclic) bond motifs is 1. The number of carbonyl (C=O) groups excluding carboxylic acids is 1. The van der Waals surface area contributed by atoms with Crippen molar-refractivity contribution in [2.75, 3.05) is 0 Å². The van der Waals surface area contributed by atoms with E-state index in [1.54, 1.807) is 4.57 Å². The van der Waals surface area contributed by atoms with Gasteiger partial charge in [-0.3, -0.25) is 9.36 Å². The Kier molecular flexibility index (Phi) is 4.98. The second kappa shape index (κ2) is 7.73. The third-order valence-corrected chi connectivity index (χ3v) is 5.03. The van der Waals surface area contributed by atoms with Gasteiger partial charge in [-0.2, -0.15) is 0 Å². The van der Waals surface area contributed by atoms with E-state index in [2.05, 4.69) is 19.1 Å². The third kappa shape index (κ3) is 3.44. The van der Waals surface area contributed by atoms with Crippen LogP contribution in [0.25, 0.3) is 10.9 Å². The fourth-order valence-corrected chi connectivity index (χ4v) is 3.59. The van der Waals surface area contributed by atoms with Gasteiger partial charge < -0.3 is 4.74 Å². The van der Waals surface area contributed by atoms with Crippen molar-refractivity contribution < 1.29 is 9.53 Å². The minimum Gasteiger partial charge on any atom is -0.489 e. The molecule has 3 heteroatoms. The zero-order valence-electron chi connectivity index (χ0n) is 16.2. The Morgan fingerprint density at radius 2 is 1.71 bits per heavy atom. The quantitative estimate of drug-likeness (QED) is 0.446. The smallest absolute Gasteiger partial charge is 0.262 e. The van der Waals surface area contributed by atoms with Gasteiger partial charge in [-0.25, -0.2) is 0 Å². The Morgan fingerprint density at radius 3 is 2.50 bits per heavy atom. The number of hydrogen-bond donors (Lipinski definition) is 0. The van der Waals surface area contributed by atoms with E-state index in [1.165, 1.54) is 5.56 Å². The van der Waals surface area contributed by atoms with E-state index >= 15 is 0 Å². The van der Waals surface area contributed by atoms with E-state index in [-0.39, 0.29) is 5.91 Å². The molecule has 0 aliphatic heterocycles. The van der Waals surface area contributed by atoms with Crippen molar-refractivity contribution in [1.29, 1.82) is 0 Å². The van der Waals surface area contributed by atoms with E-state index in [9.17, 15) is 4.79 Å². The summed E-state index contributed by atoms with van der Waals surface area (Å²) in [6.45, 7) is 4.59. The summed E-state index contributed by atoms with van der Waals surface area (Å²) >= 11 is 0. The molecule has 0 fully saturated rings. The molecular weight excluding hydrogens is 346 g/mol. The highest BCUT2D eigenvalue weighted by molar-refractivity contribution is 6.03. The van der Waals surface area contributed by atoms with Gasteiger partial charge in [0.1, 0.15) is 12.4 Å². The van der Waals surface area contributed by atoms with Crippen molar-refractivity contribution in [3.05, 3.63) is 101 Å². The molecule has 1 heterocycles. The van der Waals surface area contributed by atoms with Crippen LogP contribution in [0.2, 0.25) is 0 Å². The topological polar surface area (TPSA) is 31.2 Å². The second-order valence-corrected chi connectivity index (χ2v) is 6.93. The molecular formula is C25H23NO2. The highest BCUT2D eigenvalue weighted by Crippen LogP contribution is 2.25. The average molecular weight is 369 g/mol. The molecule has 3 nitrogen and oxygen atoms in total. The van der Waals surface area contributed by atoms with E-state index in [4.69, 9.17) is 4.74 Å². The first-order valence-corrected chi connectivity index (χ1v) is 9.59. The first-order valence-electron chi connectivity index (χ1n) is 9.59. The molecule has 0 aliphatic rings. The lowest BCUT2D eigenvalue weighted by molar-refractivity contribution is 0.0962. The van der Waals surface area contributed by atoms with E-state index < -0.39 is 0 Å². The molecule has 0 saturated carbocycles.